The summed E-state index contributed by atoms with van der Waals surface area (Å²) < 4.78 is 2.26. The summed E-state index contributed by atoms with van der Waals surface area (Å²) in [4.78, 5) is 7.22. The van der Waals surface area contributed by atoms with Crippen molar-refractivity contribution in [2.75, 3.05) is 19.0 Å². The second kappa shape index (κ2) is 8.19. The largest absolute Gasteiger partial charge is 0.378 e. The fourth-order valence-corrected chi connectivity index (χ4v) is 3.57. The van der Waals surface area contributed by atoms with Gasteiger partial charge in [0.2, 0.25) is 0 Å². The van der Waals surface area contributed by atoms with E-state index in [9.17, 15) is 0 Å². The number of nitrogens with zero attached hydrogens (tertiary/aromatic N) is 3. The maximum atomic E-state index is 5.12. The number of hydrogen-bond donors (Lipinski definition) is 0. The number of benzene rings is 3. The van der Waals surface area contributed by atoms with Gasteiger partial charge in [-0.3, -0.25) is 0 Å². The molecule has 0 amide bonds. The average Bonchev–Trinajstić information content (AvgIpc) is 3.14. The van der Waals surface area contributed by atoms with E-state index in [1.807, 2.05) is 18.2 Å². The van der Waals surface area contributed by atoms with Crippen LogP contribution >= 0.6 is 0 Å². The second-order valence-corrected chi connectivity index (χ2v) is 7.21. The zero-order valence-corrected chi connectivity index (χ0v) is 16.9. The Kier molecular flexibility index (Phi) is 5.30. The Hall–Kier alpha value is -3.59. The number of hydrogen-bond acceptors (Lipinski definition) is 2. The summed E-state index contributed by atoms with van der Waals surface area (Å²) in [5, 5.41) is 0. The molecule has 0 aliphatic carbocycles. The normalized spacial score (nSPS) is 10.7. The van der Waals surface area contributed by atoms with Gasteiger partial charge in [-0.1, -0.05) is 66.7 Å². The van der Waals surface area contributed by atoms with E-state index in [1.54, 1.807) is 0 Å². The van der Waals surface area contributed by atoms with Gasteiger partial charge >= 0.3 is 0 Å². The Bertz CT molecular complexity index is 1090. The first-order chi connectivity index (χ1) is 14.2. The molecule has 3 heteroatoms. The standard InChI is InChI=1S/C26H25N3/c1-4-19-29-25(21-13-9-6-10-14-21)24(20-11-7-5-8-12-20)27-26(29)22-15-17-23(18-16-22)28(2)3/h4-18H,1,19H2,2-3H3. The van der Waals surface area contributed by atoms with Crippen LogP contribution in [0, 0.1) is 0 Å². The summed E-state index contributed by atoms with van der Waals surface area (Å²) in [6, 6.07) is 29.4. The van der Waals surface area contributed by atoms with E-state index >= 15 is 0 Å². The smallest absolute Gasteiger partial charge is 0.141 e. The predicted molar refractivity (Wildman–Crippen MR) is 123 cm³/mol. The van der Waals surface area contributed by atoms with Crippen LogP contribution in [-0.4, -0.2) is 23.6 Å². The lowest BCUT2D eigenvalue weighted by atomic mass is 10.0. The topological polar surface area (TPSA) is 21.1 Å². The van der Waals surface area contributed by atoms with Gasteiger partial charge in [-0.2, -0.15) is 0 Å². The summed E-state index contributed by atoms with van der Waals surface area (Å²) in [5.74, 6) is 0.952. The van der Waals surface area contributed by atoms with Crippen molar-refractivity contribution in [3.8, 4) is 33.9 Å². The Labute approximate surface area is 172 Å². The number of rotatable bonds is 6. The molecule has 1 heterocycles. The van der Waals surface area contributed by atoms with Gasteiger partial charge in [0.1, 0.15) is 5.82 Å². The molecule has 0 saturated heterocycles. The molecule has 0 N–H and O–H groups in total. The molecule has 0 spiro atoms. The second-order valence-electron chi connectivity index (χ2n) is 7.21. The van der Waals surface area contributed by atoms with Crippen LogP contribution in [0.5, 0.6) is 0 Å². The molecule has 144 valence electrons. The summed E-state index contributed by atoms with van der Waals surface area (Å²) >= 11 is 0. The van der Waals surface area contributed by atoms with Crippen LogP contribution in [-0.2, 0) is 6.54 Å². The Morgan fingerprint density at radius 3 is 1.93 bits per heavy atom. The van der Waals surface area contributed by atoms with Gasteiger partial charge in [0.25, 0.3) is 0 Å². The maximum absolute atomic E-state index is 5.12. The lowest BCUT2D eigenvalue weighted by Gasteiger charge is -2.14. The van der Waals surface area contributed by atoms with E-state index in [0.717, 1.165) is 33.9 Å². The Balaban J connectivity index is 1.96. The summed E-state index contributed by atoms with van der Waals surface area (Å²) in [6.07, 6.45) is 1.93. The lowest BCUT2D eigenvalue weighted by molar-refractivity contribution is 0.840. The molecule has 1 aromatic heterocycles. The van der Waals surface area contributed by atoms with Crippen molar-refractivity contribution in [2.24, 2.45) is 0 Å². The molecule has 4 aromatic rings. The van der Waals surface area contributed by atoms with Crippen molar-refractivity contribution in [3.63, 3.8) is 0 Å². The minimum absolute atomic E-state index is 0.689. The molecule has 0 radical (unpaired) electrons. The van der Waals surface area contributed by atoms with Gasteiger partial charge in [-0.05, 0) is 24.3 Å². The summed E-state index contributed by atoms with van der Waals surface area (Å²) in [7, 11) is 4.10. The van der Waals surface area contributed by atoms with Crippen LogP contribution in [0.3, 0.4) is 0 Å². The minimum atomic E-state index is 0.689. The van der Waals surface area contributed by atoms with Crippen molar-refractivity contribution in [1.29, 1.82) is 0 Å². The first-order valence-electron chi connectivity index (χ1n) is 9.79. The third-order valence-corrected chi connectivity index (χ3v) is 5.02. The van der Waals surface area contributed by atoms with E-state index in [2.05, 4.69) is 103 Å². The van der Waals surface area contributed by atoms with Crippen LogP contribution < -0.4 is 4.90 Å². The van der Waals surface area contributed by atoms with Gasteiger partial charge in [0, 0.05) is 43.0 Å². The van der Waals surface area contributed by atoms with Gasteiger partial charge in [-0.25, -0.2) is 4.98 Å². The molecule has 0 saturated carbocycles. The zero-order valence-electron chi connectivity index (χ0n) is 16.9. The molecule has 0 aliphatic rings. The first kappa shape index (κ1) is 18.8. The first-order valence-corrected chi connectivity index (χ1v) is 9.79. The third kappa shape index (κ3) is 3.72. The average molecular weight is 380 g/mol. The van der Waals surface area contributed by atoms with E-state index in [1.165, 1.54) is 5.69 Å². The maximum Gasteiger partial charge on any atom is 0.141 e. The molecule has 0 aliphatic heterocycles. The summed E-state index contributed by atoms with van der Waals surface area (Å²) in [6.45, 7) is 4.68. The van der Waals surface area contributed by atoms with Crippen LogP contribution in [0.25, 0.3) is 33.9 Å². The molecule has 4 rings (SSSR count). The third-order valence-electron chi connectivity index (χ3n) is 5.02. The Morgan fingerprint density at radius 2 is 1.38 bits per heavy atom. The monoisotopic (exact) mass is 379 g/mol. The highest BCUT2D eigenvalue weighted by molar-refractivity contribution is 5.82. The zero-order chi connectivity index (χ0) is 20.2. The highest BCUT2D eigenvalue weighted by Gasteiger charge is 2.20. The molecule has 0 fully saturated rings. The SMILES string of the molecule is C=CCn1c(-c2ccc(N(C)C)cc2)nc(-c2ccccc2)c1-c1ccccc1. The molecular formula is C26H25N3. The van der Waals surface area contributed by atoms with Crippen molar-refractivity contribution < 1.29 is 0 Å². The molecule has 0 unspecified atom stereocenters. The molecule has 3 aromatic carbocycles. The number of imidazole rings is 1. The van der Waals surface area contributed by atoms with Crippen LogP contribution in [0.1, 0.15) is 0 Å². The van der Waals surface area contributed by atoms with Crippen molar-refractivity contribution >= 4 is 5.69 Å². The van der Waals surface area contributed by atoms with Gasteiger partial charge in [0.05, 0.1) is 11.4 Å². The highest BCUT2D eigenvalue weighted by atomic mass is 15.1. The van der Waals surface area contributed by atoms with Gasteiger partial charge in [-0.15, -0.1) is 6.58 Å². The van der Waals surface area contributed by atoms with E-state index in [-0.39, 0.29) is 0 Å². The van der Waals surface area contributed by atoms with Crippen molar-refractivity contribution in [1.82, 2.24) is 9.55 Å². The van der Waals surface area contributed by atoms with Crippen molar-refractivity contribution in [2.45, 2.75) is 6.54 Å². The predicted octanol–water partition coefficient (Wildman–Crippen LogP) is 6.14. The van der Waals surface area contributed by atoms with Crippen LogP contribution in [0.15, 0.2) is 97.6 Å². The fraction of sp³-hybridized carbons (Fsp3) is 0.115. The molecule has 3 nitrogen and oxygen atoms in total. The lowest BCUT2D eigenvalue weighted by Crippen LogP contribution is -2.08. The fourth-order valence-electron chi connectivity index (χ4n) is 3.57. The number of aromatic nitrogens is 2. The molecule has 0 bridgehead atoms. The molecule has 29 heavy (non-hydrogen) atoms. The minimum Gasteiger partial charge on any atom is -0.378 e. The van der Waals surface area contributed by atoms with Crippen LogP contribution in [0.4, 0.5) is 5.69 Å². The Morgan fingerprint density at radius 1 is 0.793 bits per heavy atom. The summed E-state index contributed by atoms with van der Waals surface area (Å²) in [5.41, 5.74) is 6.63. The number of anilines is 1. The van der Waals surface area contributed by atoms with Gasteiger partial charge in [0.15, 0.2) is 0 Å². The van der Waals surface area contributed by atoms with Crippen molar-refractivity contribution in [3.05, 3.63) is 97.6 Å². The van der Waals surface area contributed by atoms with E-state index in [4.69, 9.17) is 4.98 Å². The highest BCUT2D eigenvalue weighted by Crippen LogP contribution is 2.36. The van der Waals surface area contributed by atoms with E-state index < -0.39 is 0 Å². The van der Waals surface area contributed by atoms with Gasteiger partial charge < -0.3 is 9.47 Å². The van der Waals surface area contributed by atoms with E-state index in [0.29, 0.717) is 6.54 Å². The van der Waals surface area contributed by atoms with Crippen LogP contribution in [0.2, 0.25) is 0 Å². The molecule has 0 atom stereocenters. The number of allylic oxidation sites excluding steroid dienone is 1. The molecular weight excluding hydrogens is 354 g/mol. The quantitative estimate of drug-likeness (QED) is 0.375.